The molecular formula is C21H24ClFN4O2. The van der Waals surface area contributed by atoms with Gasteiger partial charge >= 0.3 is 0 Å². The van der Waals surface area contributed by atoms with Crippen LogP contribution in [0.2, 0.25) is 5.02 Å². The second kappa shape index (κ2) is 9.35. The average molecular weight is 419 g/mol. The second-order valence-corrected chi connectivity index (χ2v) is 7.58. The predicted molar refractivity (Wildman–Crippen MR) is 111 cm³/mol. The largest absolute Gasteiger partial charge is 0.379 e. The number of aliphatic hydroxyl groups excluding tert-OH is 1. The van der Waals surface area contributed by atoms with Gasteiger partial charge in [0.25, 0.3) is 5.91 Å². The van der Waals surface area contributed by atoms with E-state index in [2.05, 4.69) is 20.8 Å². The highest BCUT2D eigenvalue weighted by Crippen LogP contribution is 2.33. The lowest BCUT2D eigenvalue weighted by Gasteiger charge is -2.22. The Bertz CT molecular complexity index is 940. The fourth-order valence-corrected chi connectivity index (χ4v) is 3.52. The summed E-state index contributed by atoms with van der Waals surface area (Å²) in [6.07, 6.45) is 4.48. The summed E-state index contributed by atoms with van der Waals surface area (Å²) in [6, 6.07) is 6.57. The first-order valence-electron chi connectivity index (χ1n) is 9.41. The number of amides is 1. The molecule has 154 valence electrons. The monoisotopic (exact) mass is 418 g/mol. The molecule has 0 spiro atoms. The lowest BCUT2D eigenvalue weighted by Crippen LogP contribution is -2.35. The number of aromatic amines is 1. The minimum absolute atomic E-state index is 0.161. The first-order valence-corrected chi connectivity index (χ1v) is 9.79. The zero-order valence-corrected chi connectivity index (χ0v) is 17.0. The Morgan fingerprint density at radius 3 is 3.00 bits per heavy atom. The van der Waals surface area contributed by atoms with Gasteiger partial charge in [0.05, 0.1) is 23.5 Å². The second-order valence-electron chi connectivity index (χ2n) is 7.15. The van der Waals surface area contributed by atoms with E-state index in [1.165, 1.54) is 12.3 Å². The topological polar surface area (TPSA) is 90.0 Å². The van der Waals surface area contributed by atoms with Gasteiger partial charge in [-0.3, -0.25) is 15.2 Å². The van der Waals surface area contributed by atoms with Gasteiger partial charge in [-0.25, -0.2) is 4.39 Å². The number of carbonyl (C=O) groups excluding carboxylic acids is 1. The zero-order chi connectivity index (χ0) is 21.0. The number of H-pyrrole nitrogens is 1. The fraction of sp³-hybridized carbons (Fsp3) is 0.333. The summed E-state index contributed by atoms with van der Waals surface area (Å²) < 4.78 is 14.4. The molecule has 8 heteroatoms. The van der Waals surface area contributed by atoms with Crippen molar-refractivity contribution < 1.29 is 14.3 Å². The standard InChI is InChI=1S/C21H24ClFN4O2/c1-12-6-7-17(23)15(8-12)20-16(11-25-27-20)21(29)26-18(10-19(28)24-2)13-4-3-5-14(22)9-13/h3-7,9,11-12,18-19,24,28H,8,10H2,1-2H3,(H,25,27)(H,26,29)/t12?,18-,19?/m0/s1. The van der Waals surface area contributed by atoms with Gasteiger partial charge in [-0.1, -0.05) is 36.7 Å². The molecule has 1 heterocycles. The van der Waals surface area contributed by atoms with E-state index < -0.39 is 18.2 Å². The van der Waals surface area contributed by atoms with Crippen LogP contribution in [-0.4, -0.2) is 34.5 Å². The summed E-state index contributed by atoms with van der Waals surface area (Å²) in [7, 11) is 1.63. The van der Waals surface area contributed by atoms with Crippen molar-refractivity contribution in [1.82, 2.24) is 20.8 Å². The Morgan fingerprint density at radius 2 is 2.28 bits per heavy atom. The summed E-state index contributed by atoms with van der Waals surface area (Å²) in [4.78, 5) is 13.0. The number of aliphatic hydroxyl groups is 1. The molecule has 3 rings (SSSR count). The molecule has 1 aromatic heterocycles. The van der Waals surface area contributed by atoms with Crippen LogP contribution < -0.4 is 10.6 Å². The van der Waals surface area contributed by atoms with Crippen molar-refractivity contribution in [1.29, 1.82) is 0 Å². The number of nitrogens with zero attached hydrogens (tertiary/aromatic N) is 1. The van der Waals surface area contributed by atoms with Gasteiger partial charge in [0, 0.05) is 17.0 Å². The lowest BCUT2D eigenvalue weighted by molar-refractivity contribution is 0.0891. The van der Waals surface area contributed by atoms with E-state index in [0.717, 1.165) is 5.56 Å². The molecule has 6 nitrogen and oxygen atoms in total. The number of rotatable bonds is 7. The van der Waals surface area contributed by atoms with E-state index in [4.69, 9.17) is 11.6 Å². The van der Waals surface area contributed by atoms with Gasteiger partial charge in [0.2, 0.25) is 0 Å². The van der Waals surface area contributed by atoms with Crippen molar-refractivity contribution in [2.24, 2.45) is 5.92 Å². The van der Waals surface area contributed by atoms with Crippen molar-refractivity contribution in [3.05, 3.63) is 70.3 Å². The molecule has 0 fully saturated rings. The first-order chi connectivity index (χ1) is 13.9. The Labute approximate surface area is 173 Å². The minimum atomic E-state index is -0.826. The van der Waals surface area contributed by atoms with Crippen LogP contribution in [0.25, 0.3) is 5.57 Å². The molecule has 4 N–H and O–H groups in total. The number of benzene rings is 1. The number of halogens is 2. The van der Waals surface area contributed by atoms with Crippen LogP contribution in [0.5, 0.6) is 0 Å². The lowest BCUT2D eigenvalue weighted by atomic mass is 9.91. The number of aromatic nitrogens is 2. The van der Waals surface area contributed by atoms with Crippen LogP contribution >= 0.6 is 11.6 Å². The molecule has 2 aromatic rings. The van der Waals surface area contributed by atoms with Gasteiger partial charge < -0.3 is 10.4 Å². The Hall–Kier alpha value is -2.48. The minimum Gasteiger partial charge on any atom is -0.379 e. The predicted octanol–water partition coefficient (Wildman–Crippen LogP) is 3.74. The number of carbonyl (C=O) groups is 1. The van der Waals surface area contributed by atoms with Crippen molar-refractivity contribution in [3.63, 3.8) is 0 Å². The van der Waals surface area contributed by atoms with E-state index >= 15 is 0 Å². The Balaban J connectivity index is 1.88. The number of hydrogen-bond donors (Lipinski definition) is 4. The highest BCUT2D eigenvalue weighted by Gasteiger charge is 2.25. The molecule has 1 aromatic carbocycles. The molecule has 2 unspecified atom stereocenters. The van der Waals surface area contributed by atoms with Crippen LogP contribution in [-0.2, 0) is 0 Å². The first kappa shape index (κ1) is 21.2. The molecule has 1 aliphatic rings. The van der Waals surface area contributed by atoms with E-state index in [9.17, 15) is 14.3 Å². The maximum absolute atomic E-state index is 14.4. The van der Waals surface area contributed by atoms with E-state index in [1.54, 1.807) is 31.3 Å². The summed E-state index contributed by atoms with van der Waals surface area (Å²) in [6.45, 7) is 1.98. The van der Waals surface area contributed by atoms with Gasteiger partial charge in [-0.15, -0.1) is 0 Å². The number of hydrogen-bond acceptors (Lipinski definition) is 4. The van der Waals surface area contributed by atoms with Crippen LogP contribution in [0, 0.1) is 5.92 Å². The zero-order valence-electron chi connectivity index (χ0n) is 16.2. The third-order valence-electron chi connectivity index (χ3n) is 4.92. The molecule has 0 radical (unpaired) electrons. The Kier molecular flexibility index (Phi) is 6.84. The quantitative estimate of drug-likeness (QED) is 0.515. The van der Waals surface area contributed by atoms with E-state index in [-0.39, 0.29) is 23.7 Å². The fourth-order valence-electron chi connectivity index (χ4n) is 3.33. The maximum atomic E-state index is 14.4. The Morgan fingerprint density at radius 1 is 1.48 bits per heavy atom. The van der Waals surface area contributed by atoms with Crippen molar-refractivity contribution >= 4 is 23.1 Å². The molecule has 0 saturated carbocycles. The highest BCUT2D eigenvalue weighted by atomic mass is 35.5. The number of allylic oxidation sites excluding steroid dienone is 4. The van der Waals surface area contributed by atoms with Crippen molar-refractivity contribution in [3.8, 4) is 0 Å². The van der Waals surface area contributed by atoms with Crippen LogP contribution in [0.1, 0.15) is 47.4 Å². The normalized spacial score (nSPS) is 18.6. The summed E-state index contributed by atoms with van der Waals surface area (Å²) in [5.74, 6) is -0.628. The maximum Gasteiger partial charge on any atom is 0.255 e. The SMILES string of the molecule is CNC(O)C[C@H](NC(=O)c1cn[nH]c1C1=C(F)C=CC(C)C1)c1cccc(Cl)c1. The summed E-state index contributed by atoms with van der Waals surface area (Å²) >= 11 is 6.09. The van der Waals surface area contributed by atoms with Crippen LogP contribution in [0.15, 0.2) is 48.4 Å². The van der Waals surface area contributed by atoms with Crippen molar-refractivity contribution in [2.45, 2.75) is 32.0 Å². The summed E-state index contributed by atoms with van der Waals surface area (Å²) in [5, 5.41) is 22.9. The van der Waals surface area contributed by atoms with Gasteiger partial charge in [0.15, 0.2) is 0 Å². The van der Waals surface area contributed by atoms with Crippen molar-refractivity contribution in [2.75, 3.05) is 7.05 Å². The molecule has 1 amide bonds. The van der Waals surface area contributed by atoms with E-state index in [1.807, 2.05) is 13.0 Å². The molecule has 3 atom stereocenters. The molecule has 29 heavy (non-hydrogen) atoms. The third-order valence-corrected chi connectivity index (χ3v) is 5.15. The van der Waals surface area contributed by atoms with Gasteiger partial charge in [0.1, 0.15) is 12.1 Å². The van der Waals surface area contributed by atoms with Crippen LogP contribution in [0.3, 0.4) is 0 Å². The molecular weight excluding hydrogens is 395 g/mol. The smallest absolute Gasteiger partial charge is 0.255 e. The van der Waals surface area contributed by atoms with Gasteiger partial charge in [-0.05, 0) is 43.2 Å². The van der Waals surface area contributed by atoms with Crippen LogP contribution in [0.4, 0.5) is 4.39 Å². The highest BCUT2D eigenvalue weighted by molar-refractivity contribution is 6.30. The third kappa shape index (κ3) is 5.12. The molecule has 0 saturated heterocycles. The van der Waals surface area contributed by atoms with E-state index in [0.29, 0.717) is 22.7 Å². The average Bonchev–Trinajstić information content (AvgIpc) is 3.19. The number of nitrogens with one attached hydrogen (secondary N) is 3. The molecule has 0 bridgehead atoms. The summed E-state index contributed by atoms with van der Waals surface area (Å²) in [5.41, 5.74) is 1.81. The molecule has 1 aliphatic carbocycles. The molecule has 0 aliphatic heterocycles. The van der Waals surface area contributed by atoms with Gasteiger partial charge in [-0.2, -0.15) is 5.10 Å².